The van der Waals surface area contributed by atoms with E-state index < -0.39 is 12.0 Å². The zero-order chi connectivity index (χ0) is 20.8. The van der Waals surface area contributed by atoms with Crippen molar-refractivity contribution >= 4 is 28.0 Å². The molecule has 1 aromatic carbocycles. The lowest BCUT2D eigenvalue weighted by atomic mass is 10.0. The number of benzene rings is 1. The predicted octanol–water partition coefficient (Wildman–Crippen LogP) is 1.81. The molecule has 9 heteroatoms. The molecule has 4 heterocycles. The van der Waals surface area contributed by atoms with Crippen LogP contribution in [-0.2, 0) is 4.79 Å². The number of H-pyrrole nitrogens is 2. The molecule has 1 aliphatic rings. The molecule has 4 N–H and O–H groups in total. The van der Waals surface area contributed by atoms with Gasteiger partial charge in [0.2, 0.25) is 0 Å². The number of aliphatic hydroxyl groups is 1. The molecule has 1 fully saturated rings. The van der Waals surface area contributed by atoms with Crippen LogP contribution >= 0.6 is 0 Å². The Labute approximate surface area is 170 Å². The first-order chi connectivity index (χ1) is 14.5. The molecule has 2 atom stereocenters. The van der Waals surface area contributed by atoms with Gasteiger partial charge < -0.3 is 25.1 Å². The number of carbonyl (C=O) groups is 1. The van der Waals surface area contributed by atoms with Crippen molar-refractivity contribution in [3.63, 3.8) is 0 Å². The molecule has 0 saturated carbocycles. The highest BCUT2D eigenvalue weighted by atomic mass is 16.3. The molecule has 0 bridgehead atoms. The van der Waals surface area contributed by atoms with Crippen LogP contribution in [0.25, 0.3) is 22.1 Å². The fourth-order valence-corrected chi connectivity index (χ4v) is 4.31. The smallest absolute Gasteiger partial charge is 0.326 e. The Morgan fingerprint density at radius 1 is 1.23 bits per heavy atom. The van der Waals surface area contributed by atoms with Crippen molar-refractivity contribution in [3.8, 4) is 5.75 Å². The van der Waals surface area contributed by atoms with Gasteiger partial charge in [-0.25, -0.2) is 9.78 Å². The van der Waals surface area contributed by atoms with Gasteiger partial charge in [-0.2, -0.15) is 0 Å². The number of phenols is 1. The number of aromatic amines is 2. The number of imidazole rings is 1. The van der Waals surface area contributed by atoms with Crippen LogP contribution in [0.5, 0.6) is 5.75 Å². The van der Waals surface area contributed by atoms with E-state index in [1.165, 1.54) is 24.3 Å². The third-order valence-corrected chi connectivity index (χ3v) is 5.78. The largest absolute Gasteiger partial charge is 0.508 e. The van der Waals surface area contributed by atoms with Crippen LogP contribution in [0.2, 0.25) is 0 Å². The van der Waals surface area contributed by atoms with E-state index in [2.05, 4.69) is 15.0 Å². The van der Waals surface area contributed by atoms with Gasteiger partial charge in [0, 0.05) is 24.7 Å². The summed E-state index contributed by atoms with van der Waals surface area (Å²) in [5.74, 6) is -0.340. The molecule has 0 spiro atoms. The third-order valence-electron chi connectivity index (χ3n) is 5.78. The first-order valence-corrected chi connectivity index (χ1v) is 9.85. The second kappa shape index (κ2) is 7.03. The Balaban J connectivity index is 1.46. The summed E-state index contributed by atoms with van der Waals surface area (Å²) in [6, 6.07) is 7.60. The highest BCUT2D eigenvalue weighted by Crippen LogP contribution is 2.29. The number of nitrogens with one attached hydrogen (secondary N) is 2. The minimum atomic E-state index is -1.32. The molecule has 1 saturated heterocycles. The van der Waals surface area contributed by atoms with Gasteiger partial charge in [-0.15, -0.1) is 0 Å². The summed E-state index contributed by atoms with van der Waals surface area (Å²) in [7, 11) is 0. The summed E-state index contributed by atoms with van der Waals surface area (Å²) in [5.41, 5.74) is 2.30. The molecule has 30 heavy (non-hydrogen) atoms. The number of likely N-dealkylation sites (tertiary alicyclic amines) is 1. The number of phenolic OH excluding ortho intramolecular Hbond substituents is 1. The number of aliphatic hydroxyl groups excluding tert-OH is 1. The standard InChI is InChI=1S/C21H21N5O4/c27-14-5-3-12(4-6-14)18(28)20(29)25-9-1-2-13(11-25)26-17-15-7-8-22-19(15)23-10-16(17)24-21(26)30/h3-8,10,13,18,27-28H,1-2,9,11H2,(H,22,23)(H,24,30)/t13-,18?/m1/s1. The van der Waals surface area contributed by atoms with Crippen molar-refractivity contribution in [2.24, 2.45) is 0 Å². The minimum Gasteiger partial charge on any atom is -0.508 e. The van der Waals surface area contributed by atoms with Crippen molar-refractivity contribution in [1.29, 1.82) is 0 Å². The first kappa shape index (κ1) is 18.4. The van der Waals surface area contributed by atoms with Gasteiger partial charge in [0.05, 0.1) is 23.3 Å². The number of aromatic nitrogens is 4. The summed E-state index contributed by atoms with van der Waals surface area (Å²) in [6.07, 6.45) is 3.57. The van der Waals surface area contributed by atoms with Crippen LogP contribution in [0.3, 0.4) is 0 Å². The number of hydrogen-bond acceptors (Lipinski definition) is 5. The molecule has 154 valence electrons. The monoisotopic (exact) mass is 407 g/mol. The Bertz CT molecular complexity index is 1290. The van der Waals surface area contributed by atoms with E-state index in [9.17, 15) is 19.8 Å². The quantitative estimate of drug-likeness (QED) is 0.412. The number of hydrogen-bond donors (Lipinski definition) is 4. The van der Waals surface area contributed by atoms with Crippen molar-refractivity contribution in [1.82, 2.24) is 24.4 Å². The van der Waals surface area contributed by atoms with Crippen LogP contribution in [0.1, 0.15) is 30.6 Å². The van der Waals surface area contributed by atoms with E-state index in [0.717, 1.165) is 23.7 Å². The molecule has 5 rings (SSSR count). The highest BCUT2D eigenvalue weighted by Gasteiger charge is 2.31. The number of piperidine rings is 1. The van der Waals surface area contributed by atoms with Gasteiger partial charge in [-0.3, -0.25) is 9.36 Å². The number of aromatic hydroxyl groups is 1. The molecule has 1 aliphatic heterocycles. The Hall–Kier alpha value is -3.59. The first-order valence-electron chi connectivity index (χ1n) is 9.85. The zero-order valence-corrected chi connectivity index (χ0v) is 16.1. The van der Waals surface area contributed by atoms with Gasteiger partial charge in [0.25, 0.3) is 5.91 Å². The Kier molecular flexibility index (Phi) is 4.32. The summed E-state index contributed by atoms with van der Waals surface area (Å²) in [5, 5.41) is 20.8. The lowest BCUT2D eigenvalue weighted by molar-refractivity contribution is -0.142. The van der Waals surface area contributed by atoms with E-state index in [0.29, 0.717) is 29.8 Å². The topological polar surface area (TPSA) is 127 Å². The van der Waals surface area contributed by atoms with E-state index in [1.54, 1.807) is 21.9 Å². The average molecular weight is 407 g/mol. The van der Waals surface area contributed by atoms with Gasteiger partial charge in [-0.1, -0.05) is 12.1 Å². The normalized spacial score (nSPS) is 18.2. The third kappa shape index (κ3) is 2.94. The Morgan fingerprint density at radius 2 is 2.03 bits per heavy atom. The maximum Gasteiger partial charge on any atom is 0.326 e. The summed E-state index contributed by atoms with van der Waals surface area (Å²) < 4.78 is 1.71. The lowest BCUT2D eigenvalue weighted by Crippen LogP contribution is -2.44. The van der Waals surface area contributed by atoms with E-state index >= 15 is 0 Å². The fourth-order valence-electron chi connectivity index (χ4n) is 4.31. The number of nitrogens with zero attached hydrogens (tertiary/aromatic N) is 3. The van der Waals surface area contributed by atoms with Crippen molar-refractivity contribution < 1.29 is 15.0 Å². The maximum absolute atomic E-state index is 12.9. The van der Waals surface area contributed by atoms with E-state index in [1.807, 2.05) is 6.07 Å². The number of pyridine rings is 1. The molecule has 1 amide bonds. The molecule has 0 radical (unpaired) electrons. The van der Waals surface area contributed by atoms with Crippen LogP contribution in [0.4, 0.5) is 0 Å². The molecular weight excluding hydrogens is 386 g/mol. The number of carbonyl (C=O) groups excluding carboxylic acids is 1. The predicted molar refractivity (Wildman–Crippen MR) is 110 cm³/mol. The van der Waals surface area contributed by atoms with Gasteiger partial charge in [-0.05, 0) is 36.6 Å². The molecule has 1 unspecified atom stereocenters. The Morgan fingerprint density at radius 3 is 2.83 bits per heavy atom. The van der Waals surface area contributed by atoms with Crippen LogP contribution in [-0.4, -0.2) is 53.6 Å². The van der Waals surface area contributed by atoms with Crippen molar-refractivity contribution in [2.45, 2.75) is 25.0 Å². The van der Waals surface area contributed by atoms with Crippen LogP contribution < -0.4 is 5.69 Å². The number of rotatable bonds is 3. The van der Waals surface area contributed by atoms with E-state index in [4.69, 9.17) is 0 Å². The van der Waals surface area contributed by atoms with Gasteiger partial charge in [0.15, 0.2) is 6.10 Å². The van der Waals surface area contributed by atoms with E-state index in [-0.39, 0.29) is 17.5 Å². The van der Waals surface area contributed by atoms with Crippen molar-refractivity contribution in [3.05, 3.63) is 58.8 Å². The lowest BCUT2D eigenvalue weighted by Gasteiger charge is -2.34. The fraction of sp³-hybridized carbons (Fsp3) is 0.286. The molecule has 0 aliphatic carbocycles. The second-order valence-electron chi connectivity index (χ2n) is 7.63. The van der Waals surface area contributed by atoms with Gasteiger partial charge in [0.1, 0.15) is 11.4 Å². The summed E-state index contributed by atoms with van der Waals surface area (Å²) >= 11 is 0. The zero-order valence-electron chi connectivity index (χ0n) is 16.1. The van der Waals surface area contributed by atoms with Crippen molar-refractivity contribution in [2.75, 3.05) is 13.1 Å². The average Bonchev–Trinajstić information content (AvgIpc) is 3.36. The minimum absolute atomic E-state index is 0.0701. The van der Waals surface area contributed by atoms with Gasteiger partial charge >= 0.3 is 5.69 Å². The summed E-state index contributed by atoms with van der Waals surface area (Å²) in [4.78, 5) is 37.5. The highest BCUT2D eigenvalue weighted by molar-refractivity contribution is 6.01. The maximum atomic E-state index is 12.9. The SMILES string of the molecule is O=C(C(O)c1ccc(O)cc1)N1CCC[C@@H](n2c(=O)[nH]c3cnc4[nH]ccc4c32)C1. The number of fused-ring (bicyclic) bond motifs is 3. The molecule has 9 nitrogen and oxygen atoms in total. The molecule has 4 aromatic rings. The molecular formula is C21H21N5O4. The second-order valence-corrected chi connectivity index (χ2v) is 7.63. The van der Waals surface area contributed by atoms with Crippen LogP contribution in [0.15, 0.2) is 47.5 Å². The molecule has 3 aromatic heterocycles. The summed E-state index contributed by atoms with van der Waals surface area (Å²) in [6.45, 7) is 0.845. The number of amides is 1. The van der Waals surface area contributed by atoms with Crippen LogP contribution in [0, 0.1) is 0 Å².